The molecular formula is C19H21N3O4S. The van der Waals surface area contributed by atoms with Crippen LogP contribution in [0.15, 0.2) is 66.1 Å². The number of benzene rings is 2. The number of ether oxygens (including phenoxy) is 2. The van der Waals surface area contributed by atoms with Crippen LogP contribution in [0.1, 0.15) is 18.5 Å². The molecule has 8 heteroatoms. The van der Waals surface area contributed by atoms with Crippen molar-refractivity contribution >= 4 is 10.0 Å². The average molecular weight is 387 g/mol. The minimum absolute atomic E-state index is 0.113. The zero-order valence-electron chi connectivity index (χ0n) is 15.3. The molecule has 142 valence electrons. The van der Waals surface area contributed by atoms with Gasteiger partial charge in [0, 0.05) is 30.2 Å². The highest BCUT2D eigenvalue weighted by atomic mass is 32.2. The van der Waals surface area contributed by atoms with Crippen molar-refractivity contribution in [3.05, 3.63) is 66.7 Å². The molecule has 0 aliphatic rings. The lowest BCUT2D eigenvalue weighted by molar-refractivity contribution is 0.354. The van der Waals surface area contributed by atoms with Gasteiger partial charge in [-0.05, 0) is 36.8 Å². The van der Waals surface area contributed by atoms with Crippen molar-refractivity contribution in [2.75, 3.05) is 14.2 Å². The number of nitrogens with zero attached hydrogens (tertiary/aromatic N) is 2. The minimum atomic E-state index is -3.72. The molecule has 3 rings (SSSR count). The molecule has 3 aromatic rings. The average Bonchev–Trinajstić information content (AvgIpc) is 3.22. The van der Waals surface area contributed by atoms with Crippen LogP contribution in [0.2, 0.25) is 0 Å². The summed E-state index contributed by atoms with van der Waals surface area (Å²) in [5, 5.41) is 0. The van der Waals surface area contributed by atoms with Gasteiger partial charge in [-0.1, -0.05) is 12.1 Å². The van der Waals surface area contributed by atoms with Crippen LogP contribution in [0.5, 0.6) is 11.5 Å². The van der Waals surface area contributed by atoms with Gasteiger partial charge in [0.15, 0.2) is 11.5 Å². The van der Waals surface area contributed by atoms with Crippen LogP contribution < -0.4 is 14.2 Å². The number of methoxy groups -OCH3 is 2. The van der Waals surface area contributed by atoms with Gasteiger partial charge in [0.05, 0.1) is 25.4 Å². The van der Waals surface area contributed by atoms with E-state index in [1.54, 1.807) is 25.5 Å². The third kappa shape index (κ3) is 4.12. The Kier molecular flexibility index (Phi) is 5.48. The van der Waals surface area contributed by atoms with E-state index in [2.05, 4.69) is 9.71 Å². The zero-order chi connectivity index (χ0) is 19.4. The second kappa shape index (κ2) is 7.81. The standard InChI is InChI=1S/C19H21N3O4S/c1-14(15-4-6-16(7-5-15)22-11-10-20-13-22)21-27(23,24)17-8-9-18(25-2)19(12-17)26-3/h4-14,21H,1-3H3/t14-/m1/s1. The predicted octanol–water partition coefficient (Wildman–Crippen LogP) is 2.93. The summed E-state index contributed by atoms with van der Waals surface area (Å²) in [6.07, 6.45) is 5.25. The van der Waals surface area contributed by atoms with E-state index in [1.165, 1.54) is 26.4 Å². The molecule has 27 heavy (non-hydrogen) atoms. The Morgan fingerprint density at radius 2 is 1.74 bits per heavy atom. The van der Waals surface area contributed by atoms with Gasteiger partial charge in [-0.25, -0.2) is 18.1 Å². The Morgan fingerprint density at radius 1 is 1.04 bits per heavy atom. The first-order valence-electron chi connectivity index (χ1n) is 8.27. The van der Waals surface area contributed by atoms with E-state index in [9.17, 15) is 8.42 Å². The molecule has 0 saturated carbocycles. The lowest BCUT2D eigenvalue weighted by Gasteiger charge is -2.16. The van der Waals surface area contributed by atoms with E-state index in [-0.39, 0.29) is 4.90 Å². The van der Waals surface area contributed by atoms with E-state index in [0.29, 0.717) is 11.5 Å². The Morgan fingerprint density at radius 3 is 2.33 bits per heavy atom. The Balaban J connectivity index is 1.79. The fraction of sp³-hybridized carbons (Fsp3) is 0.211. The van der Waals surface area contributed by atoms with Crippen molar-refractivity contribution in [2.45, 2.75) is 17.9 Å². The third-order valence-corrected chi connectivity index (χ3v) is 5.73. The van der Waals surface area contributed by atoms with E-state index in [4.69, 9.17) is 9.47 Å². The van der Waals surface area contributed by atoms with Gasteiger partial charge in [0.2, 0.25) is 10.0 Å². The maximum atomic E-state index is 12.7. The number of sulfonamides is 1. The first kappa shape index (κ1) is 18.9. The molecule has 0 spiro atoms. The van der Waals surface area contributed by atoms with Gasteiger partial charge in [0.25, 0.3) is 0 Å². The molecule has 0 unspecified atom stereocenters. The Bertz CT molecular complexity index is 1000. The van der Waals surface area contributed by atoms with Crippen LogP contribution in [-0.4, -0.2) is 32.2 Å². The second-order valence-electron chi connectivity index (χ2n) is 5.92. The first-order chi connectivity index (χ1) is 12.9. The number of imidazole rings is 1. The summed E-state index contributed by atoms with van der Waals surface area (Å²) < 4.78 is 40.3. The lowest BCUT2D eigenvalue weighted by atomic mass is 10.1. The van der Waals surface area contributed by atoms with Gasteiger partial charge >= 0.3 is 0 Å². The Labute approximate surface area is 158 Å². The number of nitrogens with one attached hydrogen (secondary N) is 1. The van der Waals surface area contributed by atoms with Gasteiger partial charge in [-0.3, -0.25) is 0 Å². The van der Waals surface area contributed by atoms with Crippen molar-refractivity contribution in [3.63, 3.8) is 0 Å². The molecular weight excluding hydrogens is 366 g/mol. The number of hydrogen-bond donors (Lipinski definition) is 1. The van der Waals surface area contributed by atoms with Gasteiger partial charge in [0.1, 0.15) is 0 Å². The quantitative estimate of drug-likeness (QED) is 0.674. The topological polar surface area (TPSA) is 82.5 Å². The van der Waals surface area contributed by atoms with Crippen LogP contribution in [0, 0.1) is 0 Å². The molecule has 0 aliphatic carbocycles. The summed E-state index contributed by atoms with van der Waals surface area (Å²) in [4.78, 5) is 4.13. The second-order valence-corrected chi connectivity index (χ2v) is 7.64. The smallest absolute Gasteiger partial charge is 0.241 e. The minimum Gasteiger partial charge on any atom is -0.493 e. The zero-order valence-corrected chi connectivity index (χ0v) is 16.1. The highest BCUT2D eigenvalue weighted by Crippen LogP contribution is 2.30. The highest BCUT2D eigenvalue weighted by Gasteiger charge is 2.20. The van der Waals surface area contributed by atoms with Crippen molar-refractivity contribution in [3.8, 4) is 17.2 Å². The molecule has 0 aliphatic heterocycles. The Hall–Kier alpha value is -2.84. The largest absolute Gasteiger partial charge is 0.493 e. The van der Waals surface area contributed by atoms with Gasteiger partial charge in [-0.15, -0.1) is 0 Å². The summed E-state index contributed by atoms with van der Waals surface area (Å²) in [6.45, 7) is 1.80. The molecule has 1 atom stereocenters. The summed E-state index contributed by atoms with van der Waals surface area (Å²) >= 11 is 0. The van der Waals surface area contributed by atoms with Crippen LogP contribution in [0.4, 0.5) is 0 Å². The fourth-order valence-electron chi connectivity index (χ4n) is 2.70. The lowest BCUT2D eigenvalue weighted by Crippen LogP contribution is -2.27. The van der Waals surface area contributed by atoms with Crippen molar-refractivity contribution < 1.29 is 17.9 Å². The van der Waals surface area contributed by atoms with E-state index < -0.39 is 16.1 Å². The summed E-state index contributed by atoms with van der Waals surface area (Å²) in [5.74, 6) is 0.831. The summed E-state index contributed by atoms with van der Waals surface area (Å²) in [6, 6.07) is 11.7. The number of rotatable bonds is 7. The molecule has 0 fully saturated rings. The number of aromatic nitrogens is 2. The summed E-state index contributed by atoms with van der Waals surface area (Å²) in [7, 11) is -0.755. The van der Waals surface area contributed by atoms with Crippen LogP contribution in [0.3, 0.4) is 0 Å². The molecule has 0 bridgehead atoms. The fourth-order valence-corrected chi connectivity index (χ4v) is 3.95. The molecule has 1 N–H and O–H groups in total. The molecule has 0 saturated heterocycles. The van der Waals surface area contributed by atoms with Gasteiger partial charge < -0.3 is 14.0 Å². The highest BCUT2D eigenvalue weighted by molar-refractivity contribution is 7.89. The molecule has 1 aromatic heterocycles. The maximum absolute atomic E-state index is 12.7. The molecule has 0 radical (unpaired) electrons. The monoisotopic (exact) mass is 387 g/mol. The van der Waals surface area contributed by atoms with Gasteiger partial charge in [-0.2, -0.15) is 0 Å². The van der Waals surface area contributed by atoms with Crippen LogP contribution in [0.25, 0.3) is 5.69 Å². The van der Waals surface area contributed by atoms with Crippen molar-refractivity contribution in [1.29, 1.82) is 0 Å². The molecule has 2 aromatic carbocycles. The van der Waals surface area contributed by atoms with E-state index in [1.807, 2.05) is 35.0 Å². The van der Waals surface area contributed by atoms with Crippen molar-refractivity contribution in [1.82, 2.24) is 14.3 Å². The predicted molar refractivity (Wildman–Crippen MR) is 102 cm³/mol. The van der Waals surface area contributed by atoms with Crippen LogP contribution in [-0.2, 0) is 10.0 Å². The molecule has 1 heterocycles. The third-order valence-electron chi connectivity index (χ3n) is 4.19. The normalized spacial score (nSPS) is 12.6. The first-order valence-corrected chi connectivity index (χ1v) is 9.75. The maximum Gasteiger partial charge on any atom is 0.241 e. The number of hydrogen-bond acceptors (Lipinski definition) is 5. The summed E-state index contributed by atoms with van der Waals surface area (Å²) in [5.41, 5.74) is 1.80. The van der Waals surface area contributed by atoms with Crippen LogP contribution >= 0.6 is 0 Å². The van der Waals surface area contributed by atoms with Crippen molar-refractivity contribution in [2.24, 2.45) is 0 Å². The SMILES string of the molecule is COc1ccc(S(=O)(=O)N[C@H](C)c2ccc(-n3ccnc3)cc2)cc1OC. The van der Waals surface area contributed by atoms with E-state index in [0.717, 1.165) is 11.3 Å². The molecule has 7 nitrogen and oxygen atoms in total. The van der Waals surface area contributed by atoms with E-state index >= 15 is 0 Å². The molecule has 0 amide bonds.